The summed E-state index contributed by atoms with van der Waals surface area (Å²) in [5, 5.41) is 0. The quantitative estimate of drug-likeness (QED) is 0.528. The van der Waals surface area contributed by atoms with Gasteiger partial charge in [0.15, 0.2) is 0 Å². The van der Waals surface area contributed by atoms with Gasteiger partial charge < -0.3 is 0 Å². The fourth-order valence-electron chi connectivity index (χ4n) is 0. The van der Waals surface area contributed by atoms with E-state index in [1.54, 1.807) is 0 Å². The summed E-state index contributed by atoms with van der Waals surface area (Å²) in [4.78, 5) is 0. The van der Waals surface area contributed by atoms with E-state index in [0.717, 1.165) is 13.4 Å². The third-order valence-corrected chi connectivity index (χ3v) is 7.01. The van der Waals surface area contributed by atoms with E-state index in [4.69, 9.17) is 10.1 Å². The Hall–Kier alpha value is 1.23. The molecule has 0 rings (SSSR count). The number of hydrogen-bond acceptors (Lipinski definition) is 0. The molecule has 43 valence electrons. The van der Waals surface area contributed by atoms with E-state index in [1.165, 1.54) is 0 Å². The van der Waals surface area contributed by atoms with E-state index in [9.17, 15) is 0 Å². The molecule has 0 bridgehead atoms. The van der Waals surface area contributed by atoms with Gasteiger partial charge >= 0.3 is 49.5 Å². The molecule has 0 spiro atoms. The summed E-state index contributed by atoms with van der Waals surface area (Å²) in [5.41, 5.74) is 0. The molecule has 0 aliphatic heterocycles. The first kappa shape index (κ1) is 7.23. The van der Waals surface area contributed by atoms with Gasteiger partial charge in [0.05, 0.1) is 0 Å². The molecule has 0 heterocycles. The van der Waals surface area contributed by atoms with Crippen LogP contribution in [0.5, 0.6) is 0 Å². The molecule has 0 aliphatic carbocycles. The summed E-state index contributed by atoms with van der Waals surface area (Å²) in [6.45, 7) is 6.71. The van der Waals surface area contributed by atoms with E-state index < -0.39 is 5.99 Å². The second-order valence-corrected chi connectivity index (χ2v) is 13.0. The van der Waals surface area contributed by atoms with Gasteiger partial charge in [-0.2, -0.15) is 0 Å². The predicted molar refractivity (Wildman–Crippen MR) is 31.9 cm³/mol. The minimum atomic E-state index is -0.897. The Balaban J connectivity index is 3.17. The first-order valence-electron chi connectivity index (χ1n) is 1.79. The second kappa shape index (κ2) is 2.51. The van der Waals surface area contributed by atoms with Crippen LogP contribution in [0.25, 0.3) is 0 Å². The van der Waals surface area contributed by atoms with E-state index in [1.807, 2.05) is 0 Å². The molecule has 0 saturated carbocycles. The van der Waals surface area contributed by atoms with Crippen LogP contribution in [0.3, 0.4) is 0 Å². The van der Waals surface area contributed by atoms with E-state index in [0.29, 0.717) is 0 Å². The minimum absolute atomic E-state index is 0.897. The Kier molecular flexibility index (Phi) is 3.03. The van der Waals surface area contributed by atoms with Gasteiger partial charge in [-0.3, -0.25) is 0 Å². The van der Waals surface area contributed by atoms with Crippen molar-refractivity contribution in [3.8, 4) is 0 Å². The molecule has 0 radical (unpaired) electrons. The van der Waals surface area contributed by atoms with Crippen molar-refractivity contribution < 1.29 is 13.4 Å². The molecular formula is C3H10ClCoP. The zero-order valence-electron chi connectivity index (χ0n) is 4.21. The van der Waals surface area contributed by atoms with Crippen molar-refractivity contribution in [1.82, 2.24) is 0 Å². The van der Waals surface area contributed by atoms with Crippen LogP contribution < -0.4 is 0 Å². The Bertz CT molecular complexity index is 40.5. The van der Waals surface area contributed by atoms with E-state index >= 15 is 0 Å². The second-order valence-electron chi connectivity index (χ2n) is 2.06. The van der Waals surface area contributed by atoms with Crippen molar-refractivity contribution >= 4 is 16.1 Å². The van der Waals surface area contributed by atoms with Gasteiger partial charge in [-0.15, -0.1) is 0 Å². The maximum absolute atomic E-state index is 5.51. The molecule has 0 aliphatic rings. The van der Waals surface area contributed by atoms with Gasteiger partial charge in [-0.05, 0) is 0 Å². The van der Waals surface area contributed by atoms with Crippen LogP contribution in [-0.2, 0) is 13.4 Å². The van der Waals surface area contributed by atoms with Gasteiger partial charge in [-0.25, -0.2) is 0 Å². The van der Waals surface area contributed by atoms with Crippen LogP contribution in [-0.4, -0.2) is 20.0 Å². The first-order chi connectivity index (χ1) is 2.56. The summed E-state index contributed by atoms with van der Waals surface area (Å²) in [5.74, 6) is -0.897. The Morgan fingerprint density at radius 3 is 1.50 bits per heavy atom. The van der Waals surface area contributed by atoms with Gasteiger partial charge in [0.1, 0.15) is 0 Å². The fourth-order valence-corrected chi connectivity index (χ4v) is 0. The van der Waals surface area contributed by atoms with Crippen molar-refractivity contribution in [1.29, 1.82) is 0 Å². The number of hydrogen-bond donors (Lipinski definition) is 0. The van der Waals surface area contributed by atoms with E-state index in [-0.39, 0.29) is 0 Å². The van der Waals surface area contributed by atoms with E-state index in [2.05, 4.69) is 20.0 Å². The van der Waals surface area contributed by atoms with Gasteiger partial charge in [0, 0.05) is 0 Å². The van der Waals surface area contributed by atoms with Crippen LogP contribution in [0.4, 0.5) is 0 Å². The van der Waals surface area contributed by atoms with Gasteiger partial charge in [-0.1, -0.05) is 0 Å². The zero-order valence-corrected chi connectivity index (χ0v) is 7.01. The molecule has 0 unspecified atom stereocenters. The molecule has 0 atom stereocenters. The molecule has 0 N–H and O–H groups in total. The van der Waals surface area contributed by atoms with Crippen molar-refractivity contribution in [3.05, 3.63) is 0 Å². The molecular weight excluding hydrogens is 161 g/mol. The van der Waals surface area contributed by atoms with Crippen molar-refractivity contribution in [2.24, 2.45) is 0 Å². The number of rotatable bonds is 1. The third-order valence-electron chi connectivity index (χ3n) is 0.189. The molecule has 0 aromatic rings. The normalized spacial score (nSPS) is 15.3. The summed E-state index contributed by atoms with van der Waals surface area (Å²) >= 11 is 1.11. The summed E-state index contributed by atoms with van der Waals surface area (Å²) in [6.07, 6.45) is 0. The van der Waals surface area contributed by atoms with Crippen molar-refractivity contribution in [2.75, 3.05) is 20.0 Å². The maximum atomic E-state index is 5.51. The SMILES string of the molecule is C[PH](C)(C)[Co][Cl]. The van der Waals surface area contributed by atoms with Crippen LogP contribution >= 0.6 is 16.1 Å². The molecule has 0 fully saturated rings. The van der Waals surface area contributed by atoms with Gasteiger partial charge in [0.2, 0.25) is 0 Å². The predicted octanol–water partition coefficient (Wildman–Crippen LogP) is 1.78. The standard InChI is InChI=1S/C3H9P.ClH.Co/c1-4(2)3;;/h1-3H3;1H;. The zero-order chi connectivity index (χ0) is 5.21. The monoisotopic (exact) mass is 171 g/mol. The average Bonchev–Trinajstić information content (AvgIpc) is 1.35. The van der Waals surface area contributed by atoms with Crippen LogP contribution in [0.1, 0.15) is 0 Å². The molecule has 0 aromatic carbocycles. The molecule has 0 saturated heterocycles. The van der Waals surface area contributed by atoms with Crippen molar-refractivity contribution in [3.63, 3.8) is 0 Å². The summed E-state index contributed by atoms with van der Waals surface area (Å²) in [6, 6.07) is 0. The summed E-state index contributed by atoms with van der Waals surface area (Å²) < 4.78 is 0. The van der Waals surface area contributed by atoms with Crippen molar-refractivity contribution in [2.45, 2.75) is 0 Å². The Labute approximate surface area is 49.8 Å². The topological polar surface area (TPSA) is 0 Å². The summed E-state index contributed by atoms with van der Waals surface area (Å²) in [7, 11) is 5.51. The first-order valence-corrected chi connectivity index (χ1v) is 8.12. The molecule has 0 amide bonds. The Morgan fingerprint density at radius 2 is 1.50 bits per heavy atom. The van der Waals surface area contributed by atoms with Crippen LogP contribution in [0.2, 0.25) is 0 Å². The molecule has 6 heavy (non-hydrogen) atoms. The molecule has 0 aromatic heterocycles. The van der Waals surface area contributed by atoms with Crippen LogP contribution in [0.15, 0.2) is 0 Å². The molecule has 0 nitrogen and oxygen atoms in total. The average molecular weight is 171 g/mol. The third kappa shape index (κ3) is 5.23. The molecule has 3 heteroatoms. The Morgan fingerprint density at radius 1 is 1.33 bits per heavy atom. The van der Waals surface area contributed by atoms with Gasteiger partial charge in [0.25, 0.3) is 0 Å². The van der Waals surface area contributed by atoms with Crippen LogP contribution in [0, 0.1) is 0 Å². The fraction of sp³-hybridized carbons (Fsp3) is 1.00. The number of halogens is 1.